The van der Waals surface area contributed by atoms with E-state index in [0.29, 0.717) is 6.61 Å². The highest BCUT2D eigenvalue weighted by molar-refractivity contribution is 8.02. The van der Waals surface area contributed by atoms with Gasteiger partial charge in [-0.25, -0.2) is 0 Å². The average Bonchev–Trinajstić information content (AvgIpc) is 2.93. The molecular formula is C13H14N2O3S3. The molecule has 2 rings (SSSR count). The molecule has 1 heterocycles. The van der Waals surface area contributed by atoms with Crippen LogP contribution >= 0.6 is 34.9 Å². The van der Waals surface area contributed by atoms with Crippen molar-refractivity contribution < 1.29 is 14.6 Å². The number of carbonyl (C=O) groups is 1. The average molecular weight is 342 g/mol. The molecule has 0 aliphatic rings. The number of carboxylic acid groups (broad SMARTS) is 1. The third-order valence-corrected chi connectivity index (χ3v) is 5.42. The van der Waals surface area contributed by atoms with Gasteiger partial charge >= 0.3 is 5.97 Å². The minimum atomic E-state index is -0.832. The van der Waals surface area contributed by atoms with Gasteiger partial charge in [-0.1, -0.05) is 47.0 Å². The molecule has 0 bridgehead atoms. The first-order valence-corrected chi connectivity index (χ1v) is 9.14. The van der Waals surface area contributed by atoms with E-state index in [4.69, 9.17) is 9.84 Å². The normalized spacial score (nSPS) is 10.5. The summed E-state index contributed by atoms with van der Waals surface area (Å²) in [4.78, 5) is 10.6. The van der Waals surface area contributed by atoms with Gasteiger partial charge in [0.05, 0.1) is 13.0 Å². The fourth-order valence-corrected chi connectivity index (χ4v) is 3.83. The van der Waals surface area contributed by atoms with Crippen LogP contribution in [0.15, 0.2) is 32.9 Å². The van der Waals surface area contributed by atoms with E-state index in [1.54, 1.807) is 59.1 Å². The van der Waals surface area contributed by atoms with Crippen LogP contribution in [0.1, 0.15) is 5.56 Å². The molecule has 0 unspecified atom stereocenters. The van der Waals surface area contributed by atoms with E-state index in [9.17, 15) is 4.79 Å². The molecule has 2 aromatic rings. The zero-order valence-corrected chi connectivity index (χ0v) is 13.8. The largest absolute Gasteiger partial charge is 0.493 e. The fraction of sp³-hybridized carbons (Fsp3) is 0.308. The topological polar surface area (TPSA) is 72.3 Å². The zero-order chi connectivity index (χ0) is 15.1. The Balaban J connectivity index is 1.71. The Morgan fingerprint density at radius 3 is 2.62 bits per heavy atom. The lowest BCUT2D eigenvalue weighted by atomic mass is 10.1. The van der Waals surface area contributed by atoms with E-state index in [-0.39, 0.29) is 6.42 Å². The molecule has 0 radical (unpaired) electrons. The molecule has 0 fully saturated rings. The molecule has 0 atom stereocenters. The Morgan fingerprint density at radius 1 is 1.29 bits per heavy atom. The first-order valence-electron chi connectivity index (χ1n) is 6.11. The van der Waals surface area contributed by atoms with Gasteiger partial charge in [-0.05, 0) is 24.0 Å². The second-order valence-electron chi connectivity index (χ2n) is 3.95. The zero-order valence-electron chi connectivity index (χ0n) is 11.3. The SMILES string of the molecule is CSc1nnc(SCCOc2ccc(CC(=O)O)cc2)s1. The molecule has 1 aromatic heterocycles. The van der Waals surface area contributed by atoms with Gasteiger partial charge in [-0.15, -0.1) is 10.2 Å². The van der Waals surface area contributed by atoms with Crippen molar-refractivity contribution in [1.29, 1.82) is 0 Å². The van der Waals surface area contributed by atoms with Gasteiger partial charge in [0.25, 0.3) is 0 Å². The number of hydrogen-bond donors (Lipinski definition) is 1. The Kier molecular flexibility index (Phi) is 6.34. The Morgan fingerprint density at radius 2 is 2.00 bits per heavy atom. The number of benzene rings is 1. The van der Waals surface area contributed by atoms with Gasteiger partial charge in [0.1, 0.15) is 5.75 Å². The number of hydrogen-bond acceptors (Lipinski definition) is 7. The molecule has 112 valence electrons. The van der Waals surface area contributed by atoms with Crippen molar-refractivity contribution in [3.05, 3.63) is 29.8 Å². The molecule has 1 N–H and O–H groups in total. The maximum absolute atomic E-state index is 10.6. The van der Waals surface area contributed by atoms with Crippen molar-refractivity contribution >= 4 is 40.8 Å². The maximum Gasteiger partial charge on any atom is 0.307 e. The Labute approximate surface area is 135 Å². The van der Waals surface area contributed by atoms with E-state index in [0.717, 1.165) is 25.7 Å². The van der Waals surface area contributed by atoms with E-state index < -0.39 is 5.97 Å². The van der Waals surface area contributed by atoms with Crippen LogP contribution in [0.4, 0.5) is 0 Å². The van der Waals surface area contributed by atoms with Crippen molar-refractivity contribution in [1.82, 2.24) is 10.2 Å². The van der Waals surface area contributed by atoms with Crippen LogP contribution in [-0.2, 0) is 11.2 Å². The predicted molar refractivity (Wildman–Crippen MR) is 85.7 cm³/mol. The summed E-state index contributed by atoms with van der Waals surface area (Å²) in [7, 11) is 0. The van der Waals surface area contributed by atoms with Crippen LogP contribution in [0, 0.1) is 0 Å². The molecule has 0 aliphatic carbocycles. The molecular weight excluding hydrogens is 328 g/mol. The summed E-state index contributed by atoms with van der Waals surface area (Å²) in [6.07, 6.45) is 2.01. The third-order valence-electron chi connectivity index (χ3n) is 2.42. The molecule has 0 amide bonds. The van der Waals surface area contributed by atoms with Crippen molar-refractivity contribution in [3.63, 3.8) is 0 Å². The second kappa shape index (κ2) is 8.26. The summed E-state index contributed by atoms with van der Waals surface area (Å²) >= 11 is 4.79. The lowest BCUT2D eigenvalue weighted by Crippen LogP contribution is -2.02. The molecule has 0 saturated carbocycles. The minimum Gasteiger partial charge on any atom is -0.493 e. The van der Waals surface area contributed by atoms with Crippen LogP contribution in [0.25, 0.3) is 0 Å². The summed E-state index contributed by atoms with van der Waals surface area (Å²) in [5, 5.41) is 16.8. The highest BCUT2D eigenvalue weighted by Gasteiger charge is 2.04. The first-order chi connectivity index (χ1) is 10.2. The number of rotatable bonds is 8. The molecule has 1 aromatic carbocycles. The minimum absolute atomic E-state index is 0.0327. The number of aromatic nitrogens is 2. The van der Waals surface area contributed by atoms with Gasteiger partial charge < -0.3 is 9.84 Å². The number of nitrogens with zero attached hydrogens (tertiary/aromatic N) is 2. The van der Waals surface area contributed by atoms with E-state index in [2.05, 4.69) is 10.2 Å². The maximum atomic E-state index is 10.6. The van der Waals surface area contributed by atoms with Gasteiger partial charge in [0.2, 0.25) is 0 Å². The van der Waals surface area contributed by atoms with Crippen LogP contribution < -0.4 is 4.74 Å². The van der Waals surface area contributed by atoms with Crippen LogP contribution in [-0.4, -0.2) is 39.9 Å². The third kappa shape index (κ3) is 5.56. The molecule has 8 heteroatoms. The molecule has 21 heavy (non-hydrogen) atoms. The highest BCUT2D eigenvalue weighted by Crippen LogP contribution is 2.27. The second-order valence-corrected chi connectivity index (χ2v) is 7.32. The number of thioether (sulfide) groups is 2. The monoisotopic (exact) mass is 342 g/mol. The van der Waals surface area contributed by atoms with Crippen LogP contribution in [0.3, 0.4) is 0 Å². The van der Waals surface area contributed by atoms with Crippen molar-refractivity contribution in [2.75, 3.05) is 18.6 Å². The van der Waals surface area contributed by atoms with Gasteiger partial charge in [-0.2, -0.15) is 0 Å². The van der Waals surface area contributed by atoms with Gasteiger partial charge in [-0.3, -0.25) is 4.79 Å². The number of carboxylic acids is 1. The van der Waals surface area contributed by atoms with E-state index >= 15 is 0 Å². The summed E-state index contributed by atoms with van der Waals surface area (Å²) in [5.74, 6) is 0.702. The molecule has 5 nitrogen and oxygen atoms in total. The Hall–Kier alpha value is -1.25. The molecule has 0 spiro atoms. The van der Waals surface area contributed by atoms with Crippen molar-refractivity contribution in [2.24, 2.45) is 0 Å². The lowest BCUT2D eigenvalue weighted by molar-refractivity contribution is -0.136. The first kappa shape index (κ1) is 16.1. The van der Waals surface area contributed by atoms with Gasteiger partial charge in [0, 0.05) is 5.75 Å². The van der Waals surface area contributed by atoms with E-state index in [1.807, 2.05) is 6.26 Å². The summed E-state index contributed by atoms with van der Waals surface area (Å²) < 4.78 is 7.51. The highest BCUT2D eigenvalue weighted by atomic mass is 32.2. The van der Waals surface area contributed by atoms with Gasteiger partial charge in [0.15, 0.2) is 8.68 Å². The van der Waals surface area contributed by atoms with Crippen molar-refractivity contribution in [3.8, 4) is 5.75 Å². The molecule has 0 saturated heterocycles. The summed E-state index contributed by atoms with van der Waals surface area (Å²) in [5.41, 5.74) is 0.766. The van der Waals surface area contributed by atoms with Crippen LogP contribution in [0.5, 0.6) is 5.75 Å². The predicted octanol–water partition coefficient (Wildman–Crippen LogP) is 3.06. The van der Waals surface area contributed by atoms with E-state index in [1.165, 1.54) is 0 Å². The molecule has 0 aliphatic heterocycles. The number of ether oxygens (including phenoxy) is 1. The number of aliphatic carboxylic acids is 1. The van der Waals surface area contributed by atoms with Crippen molar-refractivity contribution in [2.45, 2.75) is 15.1 Å². The fourth-order valence-electron chi connectivity index (χ4n) is 1.50. The quantitative estimate of drug-likeness (QED) is 0.584. The standard InChI is InChI=1S/C13H14N2O3S3/c1-19-12-14-15-13(21-12)20-7-6-18-10-4-2-9(3-5-10)8-11(16)17/h2-5H,6-8H2,1H3,(H,16,17). The lowest BCUT2D eigenvalue weighted by Gasteiger charge is -2.05. The smallest absolute Gasteiger partial charge is 0.307 e. The summed E-state index contributed by atoms with van der Waals surface area (Å²) in [6, 6.07) is 7.12. The summed E-state index contributed by atoms with van der Waals surface area (Å²) in [6.45, 7) is 0.567. The van der Waals surface area contributed by atoms with Crippen LogP contribution in [0.2, 0.25) is 0 Å². The Bertz CT molecular complexity index is 587.